The lowest BCUT2D eigenvalue weighted by Crippen LogP contribution is -2.37. The van der Waals surface area contributed by atoms with Crippen LogP contribution in [0.25, 0.3) is 10.6 Å². The van der Waals surface area contributed by atoms with Gasteiger partial charge in [-0.1, -0.05) is 51.9 Å². The summed E-state index contributed by atoms with van der Waals surface area (Å²) >= 11 is 0.911. The summed E-state index contributed by atoms with van der Waals surface area (Å²) in [4.78, 5) is 17.8. The van der Waals surface area contributed by atoms with Crippen LogP contribution in [-0.2, 0) is 20.8 Å². The van der Waals surface area contributed by atoms with E-state index in [9.17, 15) is 17.7 Å². The van der Waals surface area contributed by atoms with E-state index in [0.29, 0.717) is 12.3 Å². The van der Waals surface area contributed by atoms with Gasteiger partial charge in [0, 0.05) is 5.56 Å². The highest BCUT2D eigenvalue weighted by atomic mass is 32.1. The van der Waals surface area contributed by atoms with Crippen LogP contribution in [0.1, 0.15) is 70.9 Å². The molecule has 2 aromatic rings. The third-order valence-corrected chi connectivity index (χ3v) is 7.19. The van der Waals surface area contributed by atoms with Gasteiger partial charge in [-0.05, 0) is 49.3 Å². The van der Waals surface area contributed by atoms with Gasteiger partial charge in [-0.25, -0.2) is 4.57 Å². The first-order valence-corrected chi connectivity index (χ1v) is 13.9. The third-order valence-electron chi connectivity index (χ3n) is 5.47. The van der Waals surface area contributed by atoms with Gasteiger partial charge in [0.15, 0.2) is 0 Å². The molecule has 8 nitrogen and oxygen atoms in total. The van der Waals surface area contributed by atoms with E-state index >= 15 is 0 Å². The van der Waals surface area contributed by atoms with Crippen LogP contribution < -0.4 is 10.5 Å². The van der Waals surface area contributed by atoms with E-state index in [1.807, 2.05) is 0 Å². The van der Waals surface area contributed by atoms with Gasteiger partial charge in [0.1, 0.15) is 15.8 Å². The molecule has 36 heavy (non-hydrogen) atoms. The summed E-state index contributed by atoms with van der Waals surface area (Å²) < 4.78 is 62.3. The summed E-state index contributed by atoms with van der Waals surface area (Å²) in [5, 5.41) is 8.12. The molecule has 0 amide bonds. The van der Waals surface area contributed by atoms with Crippen LogP contribution in [-0.4, -0.2) is 33.2 Å². The molecule has 2 rings (SSSR count). The first-order valence-electron chi connectivity index (χ1n) is 11.5. The second-order valence-electron chi connectivity index (χ2n) is 10.5. The monoisotopic (exact) mass is 553 g/mol. The smallest absolute Gasteiger partial charge is 0.469 e. The molecule has 0 aliphatic heterocycles. The number of ether oxygens (including phenoxy) is 1. The second kappa shape index (κ2) is 11.9. The van der Waals surface area contributed by atoms with Crippen molar-refractivity contribution >= 4 is 19.2 Å². The fourth-order valence-corrected chi connectivity index (χ4v) is 4.68. The zero-order chi connectivity index (χ0) is 27.4. The first-order chi connectivity index (χ1) is 16.4. The van der Waals surface area contributed by atoms with Crippen molar-refractivity contribution in [1.82, 2.24) is 10.2 Å². The summed E-state index contributed by atoms with van der Waals surface area (Å²) in [7, 11) is -4.76. The lowest BCUT2D eigenvalue weighted by atomic mass is 9.88. The Labute approximate surface area is 213 Å². The maximum Gasteiger partial charge on any atom is 0.469 e. The third kappa shape index (κ3) is 10.1. The fourth-order valence-electron chi connectivity index (χ4n) is 3.36. The fraction of sp³-hybridized carbons (Fsp3) is 0.652. The molecule has 0 radical (unpaired) electrons. The molecule has 4 N–H and O–H groups in total. The summed E-state index contributed by atoms with van der Waals surface area (Å²) in [6, 6.07) is 3.68. The van der Waals surface area contributed by atoms with E-state index in [-0.39, 0.29) is 33.4 Å². The summed E-state index contributed by atoms with van der Waals surface area (Å²) in [6.45, 7) is 9.66. The van der Waals surface area contributed by atoms with Crippen molar-refractivity contribution < 1.29 is 36.8 Å². The van der Waals surface area contributed by atoms with E-state index in [2.05, 4.69) is 42.4 Å². The Hall–Kier alpha value is -1.56. The van der Waals surface area contributed by atoms with Gasteiger partial charge >= 0.3 is 14.0 Å². The number of hydrogen-bond acceptors (Lipinski definition) is 7. The van der Waals surface area contributed by atoms with Crippen LogP contribution in [0.2, 0.25) is 0 Å². The maximum atomic E-state index is 13.8. The van der Waals surface area contributed by atoms with Gasteiger partial charge in [0.2, 0.25) is 0 Å². The second-order valence-corrected chi connectivity index (χ2v) is 12.7. The highest BCUT2D eigenvalue weighted by Gasteiger charge is 2.36. The van der Waals surface area contributed by atoms with Crippen LogP contribution in [0.4, 0.5) is 13.2 Å². The Morgan fingerprint density at radius 1 is 1.14 bits per heavy atom. The lowest BCUT2D eigenvalue weighted by molar-refractivity contribution is -0.138. The number of hydrogen-bond donors (Lipinski definition) is 3. The Balaban J connectivity index is 2.11. The van der Waals surface area contributed by atoms with Crippen LogP contribution >= 0.6 is 19.2 Å². The number of alkyl halides is 3. The van der Waals surface area contributed by atoms with E-state index < -0.39 is 31.7 Å². The zero-order valence-electron chi connectivity index (χ0n) is 21.1. The SMILES string of the molecule is CC(CCCC(C)(C)C)CCOc1ccc(-c2nnc([C@@](C)(N)COP(=O)(O)O)s2)cc1C(F)(F)F. The van der Waals surface area contributed by atoms with Crippen molar-refractivity contribution in [2.75, 3.05) is 13.2 Å². The average molecular weight is 554 g/mol. The van der Waals surface area contributed by atoms with Gasteiger partial charge in [-0.15, -0.1) is 10.2 Å². The van der Waals surface area contributed by atoms with Crippen molar-refractivity contribution in [2.45, 2.75) is 72.0 Å². The minimum atomic E-state index is -4.76. The van der Waals surface area contributed by atoms with Crippen LogP contribution in [0.3, 0.4) is 0 Å². The molecule has 0 saturated heterocycles. The first kappa shape index (κ1) is 30.7. The Morgan fingerprint density at radius 2 is 1.81 bits per heavy atom. The van der Waals surface area contributed by atoms with Crippen molar-refractivity contribution in [3.05, 3.63) is 28.8 Å². The predicted molar refractivity (Wildman–Crippen MR) is 132 cm³/mol. The molecule has 13 heteroatoms. The highest BCUT2D eigenvalue weighted by molar-refractivity contribution is 7.46. The number of rotatable bonds is 12. The highest BCUT2D eigenvalue weighted by Crippen LogP contribution is 2.41. The molecule has 0 spiro atoms. The van der Waals surface area contributed by atoms with Gasteiger partial charge in [-0.2, -0.15) is 13.2 Å². The van der Waals surface area contributed by atoms with Gasteiger partial charge in [0.25, 0.3) is 0 Å². The Morgan fingerprint density at radius 3 is 2.39 bits per heavy atom. The predicted octanol–water partition coefficient (Wildman–Crippen LogP) is 6.13. The molecule has 204 valence electrons. The summed E-state index contributed by atoms with van der Waals surface area (Å²) in [6.07, 6.45) is -0.856. The zero-order valence-corrected chi connectivity index (χ0v) is 22.8. The molecule has 1 aromatic carbocycles. The lowest BCUT2D eigenvalue weighted by Gasteiger charge is -2.21. The van der Waals surface area contributed by atoms with Crippen LogP contribution in [0.15, 0.2) is 18.2 Å². The van der Waals surface area contributed by atoms with Crippen LogP contribution in [0, 0.1) is 11.3 Å². The molecule has 0 saturated carbocycles. The molecule has 0 bridgehead atoms. The number of aromatic nitrogens is 2. The average Bonchev–Trinajstić information content (AvgIpc) is 3.22. The maximum absolute atomic E-state index is 13.8. The molecule has 1 unspecified atom stereocenters. The van der Waals surface area contributed by atoms with E-state index in [0.717, 1.165) is 36.7 Å². The number of nitrogens with zero attached hydrogens (tertiary/aromatic N) is 2. The number of phosphoric ester groups is 1. The number of nitrogens with two attached hydrogens (primary N) is 1. The van der Waals surface area contributed by atoms with Crippen molar-refractivity contribution in [1.29, 1.82) is 0 Å². The van der Waals surface area contributed by atoms with Crippen molar-refractivity contribution in [3.63, 3.8) is 0 Å². The standard InChI is InChI=1S/C23H35F3N3O5PS/c1-15(7-6-11-21(2,3)4)10-12-33-18-9-8-16(13-17(18)23(24,25)26)19-28-29-20(36-19)22(5,27)14-34-35(30,31)32/h8-9,13,15H,6-7,10-12,14,27H2,1-5H3,(H2,30,31,32)/t15?,22-/m0/s1. The van der Waals surface area contributed by atoms with Gasteiger partial charge in [0.05, 0.1) is 24.3 Å². The minimum Gasteiger partial charge on any atom is -0.493 e. The minimum absolute atomic E-state index is 0.153. The van der Waals surface area contributed by atoms with E-state index in [4.69, 9.17) is 20.3 Å². The summed E-state index contributed by atoms with van der Waals surface area (Å²) in [5.41, 5.74) is 4.13. The van der Waals surface area contributed by atoms with Crippen LogP contribution in [0.5, 0.6) is 5.75 Å². The molecule has 0 aliphatic rings. The topological polar surface area (TPSA) is 128 Å². The largest absolute Gasteiger partial charge is 0.493 e. The van der Waals surface area contributed by atoms with Gasteiger partial charge in [-0.3, -0.25) is 4.52 Å². The molecule has 0 aliphatic carbocycles. The van der Waals surface area contributed by atoms with E-state index in [1.54, 1.807) is 0 Å². The quantitative estimate of drug-likeness (QED) is 0.268. The number of halogens is 3. The summed E-state index contributed by atoms with van der Waals surface area (Å²) in [5.74, 6) is 0.0810. The van der Waals surface area contributed by atoms with Crippen molar-refractivity contribution in [3.8, 4) is 16.3 Å². The number of benzene rings is 1. The molecular weight excluding hydrogens is 518 g/mol. The van der Waals surface area contributed by atoms with E-state index in [1.165, 1.54) is 19.1 Å². The van der Waals surface area contributed by atoms with Gasteiger partial charge < -0.3 is 20.3 Å². The molecule has 2 atom stereocenters. The number of phosphoric acid groups is 1. The Bertz CT molecular complexity index is 1050. The van der Waals surface area contributed by atoms with Crippen molar-refractivity contribution in [2.24, 2.45) is 17.1 Å². The molecule has 0 fully saturated rings. The molecule has 1 aromatic heterocycles. The molecular formula is C23H35F3N3O5PS. The molecule has 1 heterocycles. The normalized spacial score (nSPS) is 15.5. The Kier molecular flexibility index (Phi) is 10.1.